The molecular formula is C28H26N2O2. The van der Waals surface area contributed by atoms with Crippen LogP contribution in [-0.4, -0.2) is 17.6 Å². The van der Waals surface area contributed by atoms with E-state index in [0.717, 1.165) is 18.7 Å². The average Bonchev–Trinajstić information content (AvgIpc) is 3.45. The third-order valence-corrected chi connectivity index (χ3v) is 7.26. The standard InChI is InChI=1S/C28H26N2O2/c1-3-30-25-10-5-4-7-20(25)23-15-17(12-14-26(23)30)27-21-9-6-8-19(21)22-16-18(28(31)32-2)11-13-24(22)29-27/h4-8,10-16,19,21,27,29H,3,9H2,1-2H3. The summed E-state index contributed by atoms with van der Waals surface area (Å²) in [6.45, 7) is 3.16. The predicted octanol–water partition coefficient (Wildman–Crippen LogP) is 6.43. The maximum atomic E-state index is 12.1. The SMILES string of the molecule is CCn1c2ccccc2c2cc(C3Nc4ccc(C(=O)OC)cc4C4C=CCC43)ccc21. The summed E-state index contributed by atoms with van der Waals surface area (Å²) in [4.78, 5) is 12.1. The summed E-state index contributed by atoms with van der Waals surface area (Å²) < 4.78 is 7.33. The van der Waals surface area contributed by atoms with E-state index >= 15 is 0 Å². The number of aromatic nitrogens is 1. The van der Waals surface area contributed by atoms with Gasteiger partial charge < -0.3 is 14.6 Å². The number of carbonyl (C=O) groups excluding carboxylic acids is 1. The van der Waals surface area contributed by atoms with Crippen LogP contribution >= 0.6 is 0 Å². The van der Waals surface area contributed by atoms with E-state index in [0.29, 0.717) is 17.4 Å². The summed E-state index contributed by atoms with van der Waals surface area (Å²) in [5.74, 6) is 0.437. The summed E-state index contributed by atoms with van der Waals surface area (Å²) >= 11 is 0. The third-order valence-electron chi connectivity index (χ3n) is 7.26. The lowest BCUT2D eigenvalue weighted by Crippen LogP contribution is -2.29. The number of methoxy groups -OCH3 is 1. The summed E-state index contributed by atoms with van der Waals surface area (Å²) in [6, 6.07) is 21.7. The zero-order valence-electron chi connectivity index (χ0n) is 18.3. The van der Waals surface area contributed by atoms with Crippen LogP contribution in [0.15, 0.2) is 72.8 Å². The van der Waals surface area contributed by atoms with Gasteiger partial charge in [0, 0.05) is 40.0 Å². The van der Waals surface area contributed by atoms with Crippen molar-refractivity contribution in [2.45, 2.75) is 31.8 Å². The van der Waals surface area contributed by atoms with Crippen molar-refractivity contribution in [3.63, 3.8) is 0 Å². The summed E-state index contributed by atoms with van der Waals surface area (Å²) in [7, 11) is 1.43. The maximum Gasteiger partial charge on any atom is 0.337 e. The molecule has 3 atom stereocenters. The monoisotopic (exact) mass is 422 g/mol. The van der Waals surface area contributed by atoms with Crippen molar-refractivity contribution in [2.24, 2.45) is 5.92 Å². The number of hydrogen-bond donors (Lipinski definition) is 1. The number of hydrogen-bond acceptors (Lipinski definition) is 3. The molecule has 1 aliphatic heterocycles. The van der Waals surface area contributed by atoms with Gasteiger partial charge in [0.25, 0.3) is 0 Å². The van der Waals surface area contributed by atoms with Crippen LogP contribution in [0.4, 0.5) is 5.69 Å². The van der Waals surface area contributed by atoms with Crippen molar-refractivity contribution in [3.05, 3.63) is 89.5 Å². The van der Waals surface area contributed by atoms with Gasteiger partial charge in [-0.1, -0.05) is 36.4 Å². The Hall–Kier alpha value is -3.53. The number of nitrogens with one attached hydrogen (secondary N) is 1. The molecule has 0 spiro atoms. The summed E-state index contributed by atoms with van der Waals surface area (Å²) in [5.41, 5.74) is 6.80. The van der Waals surface area contributed by atoms with Crippen molar-refractivity contribution in [1.29, 1.82) is 0 Å². The molecule has 1 aliphatic carbocycles. The fourth-order valence-corrected chi connectivity index (χ4v) is 5.77. The molecule has 0 fully saturated rings. The van der Waals surface area contributed by atoms with E-state index in [9.17, 15) is 4.79 Å². The van der Waals surface area contributed by atoms with Crippen LogP contribution in [0.2, 0.25) is 0 Å². The van der Waals surface area contributed by atoms with Gasteiger partial charge in [0.15, 0.2) is 0 Å². The Morgan fingerprint density at radius 3 is 2.75 bits per heavy atom. The number of ether oxygens (including phenoxy) is 1. The van der Waals surface area contributed by atoms with Gasteiger partial charge in [-0.05, 0) is 66.8 Å². The predicted molar refractivity (Wildman–Crippen MR) is 129 cm³/mol. The lowest BCUT2D eigenvalue weighted by molar-refractivity contribution is 0.0600. The van der Waals surface area contributed by atoms with Crippen LogP contribution < -0.4 is 5.32 Å². The van der Waals surface area contributed by atoms with Crippen LogP contribution in [0.3, 0.4) is 0 Å². The zero-order chi connectivity index (χ0) is 21.8. The number of para-hydroxylation sites is 1. The topological polar surface area (TPSA) is 43.3 Å². The highest BCUT2D eigenvalue weighted by Gasteiger charge is 2.38. The van der Waals surface area contributed by atoms with Gasteiger partial charge in [0.2, 0.25) is 0 Å². The minimum absolute atomic E-state index is 0.222. The lowest BCUT2D eigenvalue weighted by atomic mass is 9.76. The number of benzene rings is 3. The highest BCUT2D eigenvalue weighted by atomic mass is 16.5. The molecule has 0 bridgehead atoms. The number of aryl methyl sites for hydroxylation is 1. The second-order valence-corrected chi connectivity index (χ2v) is 8.81. The van der Waals surface area contributed by atoms with Gasteiger partial charge >= 0.3 is 5.97 Å². The van der Waals surface area contributed by atoms with Crippen LogP contribution in [-0.2, 0) is 11.3 Å². The minimum atomic E-state index is -0.286. The van der Waals surface area contributed by atoms with Crippen molar-refractivity contribution in [3.8, 4) is 0 Å². The largest absolute Gasteiger partial charge is 0.465 e. The van der Waals surface area contributed by atoms with E-state index in [2.05, 4.69) is 71.4 Å². The number of carbonyl (C=O) groups is 1. The first-order chi connectivity index (χ1) is 15.7. The van der Waals surface area contributed by atoms with E-state index in [1.54, 1.807) is 0 Å². The van der Waals surface area contributed by atoms with E-state index < -0.39 is 0 Å². The number of anilines is 1. The van der Waals surface area contributed by atoms with Gasteiger partial charge in [0.05, 0.1) is 18.7 Å². The average molecular weight is 423 g/mol. The number of esters is 1. The normalized spacial score (nSPS) is 21.4. The molecule has 2 heterocycles. The molecule has 3 aromatic carbocycles. The number of nitrogens with zero attached hydrogens (tertiary/aromatic N) is 1. The van der Waals surface area contributed by atoms with E-state index in [1.807, 2.05) is 18.2 Å². The van der Waals surface area contributed by atoms with Gasteiger partial charge in [-0.15, -0.1) is 0 Å². The maximum absolute atomic E-state index is 12.1. The van der Waals surface area contributed by atoms with Crippen LogP contribution in [0, 0.1) is 5.92 Å². The highest BCUT2D eigenvalue weighted by molar-refractivity contribution is 6.08. The van der Waals surface area contributed by atoms with E-state index in [4.69, 9.17) is 4.74 Å². The summed E-state index contributed by atoms with van der Waals surface area (Å²) in [6.07, 6.45) is 5.62. The third kappa shape index (κ3) is 2.72. The van der Waals surface area contributed by atoms with Gasteiger partial charge in [0.1, 0.15) is 0 Å². The second kappa shape index (κ2) is 7.27. The first kappa shape index (κ1) is 19.2. The van der Waals surface area contributed by atoms with Crippen molar-refractivity contribution in [2.75, 3.05) is 12.4 Å². The van der Waals surface area contributed by atoms with E-state index in [1.165, 1.54) is 40.0 Å². The van der Waals surface area contributed by atoms with Crippen molar-refractivity contribution < 1.29 is 9.53 Å². The van der Waals surface area contributed by atoms with E-state index in [-0.39, 0.29) is 12.0 Å². The Bertz CT molecular complexity index is 1400. The number of fused-ring (bicyclic) bond motifs is 6. The molecular weight excluding hydrogens is 396 g/mol. The Morgan fingerprint density at radius 2 is 1.91 bits per heavy atom. The zero-order valence-corrected chi connectivity index (χ0v) is 18.3. The molecule has 0 saturated carbocycles. The fourth-order valence-electron chi connectivity index (χ4n) is 5.77. The van der Waals surface area contributed by atoms with Crippen molar-refractivity contribution >= 4 is 33.5 Å². The lowest BCUT2D eigenvalue weighted by Gasteiger charge is -2.37. The Labute approximate surface area is 187 Å². The highest BCUT2D eigenvalue weighted by Crippen LogP contribution is 2.50. The quantitative estimate of drug-likeness (QED) is 0.306. The molecule has 4 aromatic rings. The molecule has 4 heteroatoms. The first-order valence-corrected chi connectivity index (χ1v) is 11.4. The molecule has 160 valence electrons. The van der Waals surface area contributed by atoms with Crippen molar-refractivity contribution in [1.82, 2.24) is 4.57 Å². The van der Waals surface area contributed by atoms with Crippen LogP contribution in [0.1, 0.15) is 46.8 Å². The van der Waals surface area contributed by atoms with Crippen LogP contribution in [0.5, 0.6) is 0 Å². The Balaban J connectivity index is 1.46. The van der Waals surface area contributed by atoms with Gasteiger partial charge in [-0.25, -0.2) is 4.79 Å². The number of rotatable bonds is 3. The molecule has 0 saturated heterocycles. The molecule has 4 nitrogen and oxygen atoms in total. The van der Waals surface area contributed by atoms with Gasteiger partial charge in [-0.3, -0.25) is 0 Å². The first-order valence-electron chi connectivity index (χ1n) is 11.4. The molecule has 2 aliphatic rings. The molecule has 3 unspecified atom stereocenters. The second-order valence-electron chi connectivity index (χ2n) is 8.81. The Kier molecular flexibility index (Phi) is 4.35. The molecule has 1 aromatic heterocycles. The van der Waals surface area contributed by atoms with Crippen LogP contribution in [0.25, 0.3) is 21.8 Å². The smallest absolute Gasteiger partial charge is 0.337 e. The minimum Gasteiger partial charge on any atom is -0.465 e. The molecule has 0 amide bonds. The Morgan fingerprint density at radius 1 is 1.06 bits per heavy atom. The van der Waals surface area contributed by atoms with Gasteiger partial charge in [-0.2, -0.15) is 0 Å². The fraction of sp³-hybridized carbons (Fsp3) is 0.250. The molecule has 0 radical (unpaired) electrons. The molecule has 32 heavy (non-hydrogen) atoms. The molecule has 1 N–H and O–H groups in total. The summed E-state index contributed by atoms with van der Waals surface area (Å²) in [5, 5.41) is 6.43. The number of allylic oxidation sites excluding steroid dienone is 2. The molecule has 6 rings (SSSR count).